The van der Waals surface area contributed by atoms with Gasteiger partial charge in [0.05, 0.1) is 6.42 Å². The summed E-state index contributed by atoms with van der Waals surface area (Å²) in [6, 6.07) is 6.91. The predicted molar refractivity (Wildman–Crippen MR) is 94.8 cm³/mol. The summed E-state index contributed by atoms with van der Waals surface area (Å²) in [5.41, 5.74) is 5.72. The Morgan fingerprint density at radius 1 is 1.12 bits per heavy atom. The molecule has 0 atom stereocenters. The minimum Gasteiger partial charge on any atom is -0.331 e. The quantitative estimate of drug-likeness (QED) is 0.794. The molecule has 0 aliphatic carbocycles. The zero-order chi connectivity index (χ0) is 18.4. The average molecular weight is 367 g/mol. The number of hydrogen-bond donors (Lipinski definition) is 2. The summed E-state index contributed by atoms with van der Waals surface area (Å²) in [6.07, 6.45) is 1.32. The smallest absolute Gasteiger partial charge is 0.319 e. The van der Waals surface area contributed by atoms with Gasteiger partial charge in [0.1, 0.15) is 0 Å². The Balaban J connectivity index is 1.72. The van der Waals surface area contributed by atoms with E-state index in [4.69, 9.17) is 11.6 Å². The lowest BCUT2D eigenvalue weighted by molar-refractivity contribution is -0.131. The summed E-state index contributed by atoms with van der Waals surface area (Å²) in [5.74, 6) is -0.723. The van der Waals surface area contributed by atoms with E-state index in [1.807, 2.05) is 0 Å². The van der Waals surface area contributed by atoms with E-state index in [9.17, 15) is 14.4 Å². The molecule has 0 spiro atoms. The van der Waals surface area contributed by atoms with Crippen LogP contribution in [0.2, 0.25) is 5.02 Å². The Labute approximate surface area is 152 Å². The lowest BCUT2D eigenvalue weighted by atomic mass is 9.96. The van der Waals surface area contributed by atoms with Crippen molar-refractivity contribution in [1.82, 2.24) is 20.7 Å². The molecule has 1 aliphatic heterocycles. The first-order valence-electron chi connectivity index (χ1n) is 8.16. The molecule has 1 saturated heterocycles. The third kappa shape index (κ3) is 5.63. The molecule has 25 heavy (non-hydrogen) atoms. The molecule has 0 unspecified atom stereocenters. The van der Waals surface area contributed by atoms with Gasteiger partial charge in [0.25, 0.3) is 0 Å². The average Bonchev–Trinajstić information content (AvgIpc) is 2.61. The number of benzene rings is 1. The minimum absolute atomic E-state index is 0.0462. The maximum Gasteiger partial charge on any atom is 0.319 e. The molecule has 8 heteroatoms. The summed E-state index contributed by atoms with van der Waals surface area (Å²) in [4.78, 5) is 39.2. The van der Waals surface area contributed by atoms with Gasteiger partial charge in [-0.2, -0.15) is 0 Å². The molecule has 2 rings (SSSR count). The van der Waals surface area contributed by atoms with Crippen molar-refractivity contribution in [3.8, 4) is 0 Å². The molecular formula is C17H23ClN4O3. The Kier molecular flexibility index (Phi) is 6.64. The predicted octanol–water partition coefficient (Wildman–Crippen LogP) is 1.42. The number of halogens is 1. The summed E-state index contributed by atoms with van der Waals surface area (Å²) in [6.45, 7) is 1.07. The van der Waals surface area contributed by atoms with E-state index in [1.54, 1.807) is 43.3 Å². The Morgan fingerprint density at radius 2 is 1.72 bits per heavy atom. The van der Waals surface area contributed by atoms with Crippen molar-refractivity contribution >= 4 is 29.4 Å². The lowest BCUT2D eigenvalue weighted by Crippen LogP contribution is -2.49. The van der Waals surface area contributed by atoms with Crippen LogP contribution < -0.4 is 10.9 Å². The number of nitrogens with zero attached hydrogens (tertiary/aromatic N) is 2. The van der Waals surface area contributed by atoms with Crippen molar-refractivity contribution in [2.75, 3.05) is 27.2 Å². The molecule has 7 nitrogen and oxygen atoms in total. The van der Waals surface area contributed by atoms with Crippen LogP contribution in [0.3, 0.4) is 0 Å². The topological polar surface area (TPSA) is 81.8 Å². The van der Waals surface area contributed by atoms with Crippen molar-refractivity contribution in [3.05, 3.63) is 34.9 Å². The molecule has 1 aromatic carbocycles. The number of carbonyl (C=O) groups excluding carboxylic acids is 3. The van der Waals surface area contributed by atoms with Gasteiger partial charge in [0.2, 0.25) is 11.8 Å². The number of urea groups is 1. The zero-order valence-corrected chi connectivity index (χ0v) is 15.2. The van der Waals surface area contributed by atoms with Crippen molar-refractivity contribution < 1.29 is 14.4 Å². The fourth-order valence-corrected chi connectivity index (χ4v) is 2.81. The molecular weight excluding hydrogens is 344 g/mol. The Bertz CT molecular complexity index is 625. The largest absolute Gasteiger partial charge is 0.331 e. The van der Waals surface area contributed by atoms with Gasteiger partial charge in [-0.15, -0.1) is 0 Å². The number of rotatable bonds is 3. The first kappa shape index (κ1) is 19.1. The van der Waals surface area contributed by atoms with Crippen molar-refractivity contribution in [3.63, 3.8) is 0 Å². The molecule has 0 bridgehead atoms. The zero-order valence-electron chi connectivity index (χ0n) is 14.4. The van der Waals surface area contributed by atoms with E-state index < -0.39 is 0 Å². The van der Waals surface area contributed by atoms with Crippen LogP contribution in [0, 0.1) is 5.92 Å². The van der Waals surface area contributed by atoms with E-state index >= 15 is 0 Å². The van der Waals surface area contributed by atoms with Gasteiger partial charge in [-0.25, -0.2) is 4.79 Å². The molecule has 1 aliphatic rings. The van der Waals surface area contributed by atoms with Crippen LogP contribution >= 0.6 is 11.6 Å². The molecule has 136 valence electrons. The van der Waals surface area contributed by atoms with Gasteiger partial charge in [-0.05, 0) is 30.5 Å². The molecule has 4 amide bonds. The van der Waals surface area contributed by atoms with E-state index in [-0.39, 0.29) is 30.2 Å². The van der Waals surface area contributed by atoms with Crippen LogP contribution in [-0.4, -0.2) is 54.8 Å². The van der Waals surface area contributed by atoms with Gasteiger partial charge in [0, 0.05) is 38.1 Å². The van der Waals surface area contributed by atoms with E-state index in [0.717, 1.165) is 5.56 Å². The van der Waals surface area contributed by atoms with Gasteiger partial charge in [0.15, 0.2) is 0 Å². The fourth-order valence-electron chi connectivity index (χ4n) is 2.68. The third-order valence-electron chi connectivity index (χ3n) is 4.12. The Morgan fingerprint density at radius 3 is 2.28 bits per heavy atom. The van der Waals surface area contributed by atoms with E-state index in [2.05, 4.69) is 10.9 Å². The van der Waals surface area contributed by atoms with Crippen LogP contribution in [0.5, 0.6) is 0 Å². The van der Waals surface area contributed by atoms with Crippen molar-refractivity contribution in [2.45, 2.75) is 19.3 Å². The standard InChI is InChI=1S/C17H23ClN4O3/c1-21(2)17(25)22-9-7-13(8-10-22)16(24)20-19-15(23)11-12-3-5-14(18)6-4-12/h3-6,13H,7-11H2,1-2H3,(H,19,23)(H,20,24). The van der Waals surface area contributed by atoms with Crippen LogP contribution in [0.1, 0.15) is 18.4 Å². The summed E-state index contributed by atoms with van der Waals surface area (Å²) < 4.78 is 0. The first-order valence-corrected chi connectivity index (χ1v) is 8.54. The summed E-state index contributed by atoms with van der Waals surface area (Å²) >= 11 is 5.80. The number of hydrazine groups is 1. The van der Waals surface area contributed by atoms with Crippen molar-refractivity contribution in [1.29, 1.82) is 0 Å². The third-order valence-corrected chi connectivity index (χ3v) is 4.37. The Hall–Kier alpha value is -2.28. The maximum absolute atomic E-state index is 12.2. The highest BCUT2D eigenvalue weighted by Crippen LogP contribution is 2.18. The molecule has 0 saturated carbocycles. The summed E-state index contributed by atoms with van der Waals surface area (Å²) in [7, 11) is 3.41. The van der Waals surface area contributed by atoms with E-state index in [1.165, 1.54) is 4.90 Å². The maximum atomic E-state index is 12.2. The number of carbonyl (C=O) groups is 3. The molecule has 0 radical (unpaired) electrons. The highest BCUT2D eigenvalue weighted by molar-refractivity contribution is 6.30. The number of hydrogen-bond acceptors (Lipinski definition) is 3. The highest BCUT2D eigenvalue weighted by atomic mass is 35.5. The highest BCUT2D eigenvalue weighted by Gasteiger charge is 2.28. The number of likely N-dealkylation sites (tertiary alicyclic amines) is 1. The monoisotopic (exact) mass is 366 g/mol. The van der Waals surface area contributed by atoms with Crippen molar-refractivity contribution in [2.24, 2.45) is 5.92 Å². The molecule has 1 fully saturated rings. The summed E-state index contributed by atoms with van der Waals surface area (Å²) in [5, 5.41) is 0.608. The number of amides is 4. The molecule has 1 heterocycles. The van der Waals surface area contributed by atoms with Gasteiger partial charge < -0.3 is 9.80 Å². The molecule has 0 aromatic heterocycles. The SMILES string of the molecule is CN(C)C(=O)N1CCC(C(=O)NNC(=O)Cc2ccc(Cl)cc2)CC1. The van der Waals surface area contributed by atoms with Gasteiger partial charge in [-0.3, -0.25) is 20.4 Å². The number of nitrogens with one attached hydrogen (secondary N) is 2. The lowest BCUT2D eigenvalue weighted by Gasteiger charge is -2.33. The fraction of sp³-hybridized carbons (Fsp3) is 0.471. The first-order chi connectivity index (χ1) is 11.9. The molecule has 2 N–H and O–H groups in total. The van der Waals surface area contributed by atoms with Crippen LogP contribution in [0.25, 0.3) is 0 Å². The van der Waals surface area contributed by atoms with Gasteiger partial charge in [-0.1, -0.05) is 23.7 Å². The van der Waals surface area contributed by atoms with Crippen LogP contribution in [0.4, 0.5) is 4.79 Å². The minimum atomic E-state index is -0.295. The van der Waals surface area contributed by atoms with Crippen LogP contribution in [-0.2, 0) is 16.0 Å². The van der Waals surface area contributed by atoms with Crippen LogP contribution in [0.15, 0.2) is 24.3 Å². The normalized spacial score (nSPS) is 14.8. The molecule has 1 aromatic rings. The van der Waals surface area contributed by atoms with E-state index in [0.29, 0.717) is 31.0 Å². The second kappa shape index (κ2) is 8.71. The van der Waals surface area contributed by atoms with Gasteiger partial charge >= 0.3 is 6.03 Å². The number of piperidine rings is 1. The second-order valence-electron chi connectivity index (χ2n) is 6.28. The second-order valence-corrected chi connectivity index (χ2v) is 6.72.